The number of carbonyl (C=O) groups excluding carboxylic acids is 1. The van der Waals surface area contributed by atoms with Crippen LogP contribution in [0.15, 0.2) is 22.3 Å². The van der Waals surface area contributed by atoms with Crippen molar-refractivity contribution in [2.75, 3.05) is 4.43 Å². The van der Waals surface area contributed by atoms with Crippen molar-refractivity contribution in [2.45, 2.75) is 13.8 Å². The van der Waals surface area contributed by atoms with E-state index in [1.807, 2.05) is 13.0 Å². The number of nitrogens with one attached hydrogen (secondary N) is 1. The average molecular weight is 344 g/mol. The molecule has 0 bridgehead atoms. The molecule has 0 aromatic rings. The SMILES string of the molecule is CC(=O)N/C=C(Br)\C=C(/C)CI. The standard InChI is InChI=1S/C8H11BrINO/c1-6(4-10)3-8(9)5-11-7(2)12/h3,5H,4H2,1-2H3,(H,11,12)/b6-3+,8-5+. The molecule has 0 rings (SSSR count). The van der Waals surface area contributed by atoms with Crippen LogP contribution in [0.25, 0.3) is 0 Å². The zero-order chi connectivity index (χ0) is 9.56. The molecule has 1 amide bonds. The lowest BCUT2D eigenvalue weighted by molar-refractivity contribution is -0.118. The van der Waals surface area contributed by atoms with Gasteiger partial charge in [0.05, 0.1) is 0 Å². The van der Waals surface area contributed by atoms with Gasteiger partial charge in [-0.1, -0.05) is 28.2 Å². The summed E-state index contributed by atoms with van der Waals surface area (Å²) >= 11 is 5.60. The van der Waals surface area contributed by atoms with Crippen molar-refractivity contribution in [2.24, 2.45) is 0 Å². The first-order valence-electron chi connectivity index (χ1n) is 3.42. The van der Waals surface area contributed by atoms with E-state index in [1.165, 1.54) is 12.5 Å². The van der Waals surface area contributed by atoms with Crippen LogP contribution in [0.3, 0.4) is 0 Å². The van der Waals surface area contributed by atoms with E-state index >= 15 is 0 Å². The second kappa shape index (κ2) is 6.65. The molecule has 0 aromatic carbocycles. The van der Waals surface area contributed by atoms with Gasteiger partial charge in [0.2, 0.25) is 5.91 Å². The van der Waals surface area contributed by atoms with Gasteiger partial charge in [-0.2, -0.15) is 0 Å². The van der Waals surface area contributed by atoms with Crippen molar-refractivity contribution in [3.05, 3.63) is 22.3 Å². The Hall–Kier alpha value is 0.160. The summed E-state index contributed by atoms with van der Waals surface area (Å²) in [6.45, 7) is 3.51. The number of alkyl halides is 1. The van der Waals surface area contributed by atoms with Crippen LogP contribution in [0.5, 0.6) is 0 Å². The maximum Gasteiger partial charge on any atom is 0.220 e. The lowest BCUT2D eigenvalue weighted by atomic mass is 10.3. The molecular formula is C8H11BrINO. The summed E-state index contributed by atoms with van der Waals surface area (Å²) in [4.78, 5) is 10.5. The minimum absolute atomic E-state index is 0.0625. The van der Waals surface area contributed by atoms with Gasteiger partial charge in [0.1, 0.15) is 0 Å². The van der Waals surface area contributed by atoms with E-state index in [-0.39, 0.29) is 5.91 Å². The molecule has 2 nitrogen and oxygen atoms in total. The van der Waals surface area contributed by atoms with Crippen molar-refractivity contribution >= 4 is 44.4 Å². The highest BCUT2D eigenvalue weighted by Gasteiger charge is 1.90. The molecule has 0 aliphatic carbocycles. The Morgan fingerprint density at radius 2 is 2.17 bits per heavy atom. The smallest absolute Gasteiger partial charge is 0.220 e. The predicted molar refractivity (Wildman–Crippen MR) is 63.5 cm³/mol. The highest BCUT2D eigenvalue weighted by Crippen LogP contribution is 2.10. The first-order chi connectivity index (χ1) is 5.56. The predicted octanol–water partition coefficient (Wildman–Crippen LogP) is 2.74. The number of hydrogen-bond acceptors (Lipinski definition) is 1. The van der Waals surface area contributed by atoms with Crippen LogP contribution in [-0.4, -0.2) is 10.3 Å². The van der Waals surface area contributed by atoms with E-state index in [1.54, 1.807) is 6.20 Å². The Morgan fingerprint density at radius 1 is 1.58 bits per heavy atom. The summed E-state index contributed by atoms with van der Waals surface area (Å²) in [6.07, 6.45) is 3.61. The molecule has 0 aromatic heterocycles. The summed E-state index contributed by atoms with van der Waals surface area (Å²) in [7, 11) is 0. The minimum atomic E-state index is -0.0625. The molecular weight excluding hydrogens is 333 g/mol. The van der Waals surface area contributed by atoms with Crippen molar-refractivity contribution in [3.63, 3.8) is 0 Å². The van der Waals surface area contributed by atoms with Gasteiger partial charge in [-0.3, -0.25) is 4.79 Å². The minimum Gasteiger partial charge on any atom is -0.332 e. The van der Waals surface area contributed by atoms with Gasteiger partial charge in [0.25, 0.3) is 0 Å². The first kappa shape index (κ1) is 12.2. The van der Waals surface area contributed by atoms with E-state index in [4.69, 9.17) is 0 Å². The van der Waals surface area contributed by atoms with Crippen LogP contribution < -0.4 is 5.32 Å². The molecule has 0 spiro atoms. The third kappa shape index (κ3) is 6.84. The summed E-state index contributed by atoms with van der Waals surface area (Å²) < 4.78 is 1.87. The number of rotatable bonds is 3. The quantitative estimate of drug-likeness (QED) is 0.476. The zero-order valence-corrected chi connectivity index (χ0v) is 10.8. The third-order valence-electron chi connectivity index (χ3n) is 1.01. The van der Waals surface area contributed by atoms with E-state index in [0.717, 1.165) is 8.91 Å². The van der Waals surface area contributed by atoms with Gasteiger partial charge < -0.3 is 5.32 Å². The normalized spacial score (nSPS) is 13.0. The Morgan fingerprint density at radius 3 is 2.58 bits per heavy atom. The maximum absolute atomic E-state index is 10.5. The largest absolute Gasteiger partial charge is 0.332 e. The monoisotopic (exact) mass is 343 g/mol. The summed E-state index contributed by atoms with van der Waals surface area (Å²) in [5, 5.41) is 2.58. The molecule has 0 fully saturated rings. The second-order valence-corrected chi connectivity index (χ2v) is 4.03. The molecule has 4 heteroatoms. The van der Waals surface area contributed by atoms with E-state index in [0.29, 0.717) is 0 Å². The highest BCUT2D eigenvalue weighted by atomic mass is 127. The Bertz CT molecular complexity index is 223. The molecule has 68 valence electrons. The second-order valence-electron chi connectivity index (χ2n) is 2.35. The molecule has 0 heterocycles. The summed E-state index contributed by atoms with van der Waals surface area (Å²) in [5.41, 5.74) is 1.25. The van der Waals surface area contributed by atoms with Gasteiger partial charge in [0, 0.05) is 22.0 Å². The number of hydrogen-bond donors (Lipinski definition) is 1. The molecule has 0 saturated heterocycles. The van der Waals surface area contributed by atoms with Crippen molar-refractivity contribution in [1.29, 1.82) is 0 Å². The van der Waals surface area contributed by atoms with Crippen molar-refractivity contribution in [1.82, 2.24) is 5.32 Å². The lowest BCUT2D eigenvalue weighted by Crippen LogP contribution is -2.11. The Labute approximate surface area is 94.8 Å². The maximum atomic E-state index is 10.5. The number of amides is 1. The molecule has 0 atom stereocenters. The summed E-state index contributed by atoms with van der Waals surface area (Å²) in [6, 6.07) is 0. The fraction of sp³-hybridized carbons (Fsp3) is 0.375. The van der Waals surface area contributed by atoms with E-state index < -0.39 is 0 Å². The highest BCUT2D eigenvalue weighted by molar-refractivity contribution is 14.1. The number of allylic oxidation sites excluding steroid dienone is 3. The average Bonchev–Trinajstić information content (AvgIpc) is 2.00. The van der Waals surface area contributed by atoms with Crippen LogP contribution >= 0.6 is 38.5 Å². The van der Waals surface area contributed by atoms with Gasteiger partial charge in [0.15, 0.2) is 0 Å². The molecule has 0 aliphatic heterocycles. The van der Waals surface area contributed by atoms with Gasteiger partial charge in [-0.15, -0.1) is 0 Å². The molecule has 0 aliphatic rings. The lowest BCUT2D eigenvalue weighted by Gasteiger charge is -1.95. The van der Waals surface area contributed by atoms with Crippen LogP contribution in [-0.2, 0) is 4.79 Å². The number of halogens is 2. The van der Waals surface area contributed by atoms with Gasteiger partial charge in [-0.05, 0) is 28.9 Å². The first-order valence-corrected chi connectivity index (χ1v) is 5.74. The van der Waals surface area contributed by atoms with Crippen LogP contribution in [0.1, 0.15) is 13.8 Å². The van der Waals surface area contributed by atoms with E-state index in [9.17, 15) is 4.79 Å². The Balaban J connectivity index is 4.10. The van der Waals surface area contributed by atoms with E-state index in [2.05, 4.69) is 43.8 Å². The zero-order valence-electron chi connectivity index (χ0n) is 7.03. The third-order valence-corrected chi connectivity index (χ3v) is 2.67. The van der Waals surface area contributed by atoms with Crippen molar-refractivity contribution < 1.29 is 4.79 Å². The molecule has 0 radical (unpaired) electrons. The number of carbonyl (C=O) groups is 1. The topological polar surface area (TPSA) is 29.1 Å². The Kier molecular flexibility index (Phi) is 6.74. The molecule has 1 N–H and O–H groups in total. The molecule has 0 saturated carbocycles. The fourth-order valence-corrected chi connectivity index (χ4v) is 1.21. The van der Waals surface area contributed by atoms with Crippen LogP contribution in [0.4, 0.5) is 0 Å². The molecule has 12 heavy (non-hydrogen) atoms. The molecule has 0 unspecified atom stereocenters. The van der Waals surface area contributed by atoms with Gasteiger partial charge >= 0.3 is 0 Å². The van der Waals surface area contributed by atoms with Crippen LogP contribution in [0, 0.1) is 0 Å². The summed E-state index contributed by atoms with van der Waals surface area (Å²) in [5.74, 6) is -0.0625. The van der Waals surface area contributed by atoms with Crippen molar-refractivity contribution in [3.8, 4) is 0 Å². The fourth-order valence-electron chi connectivity index (χ4n) is 0.486. The van der Waals surface area contributed by atoms with Crippen LogP contribution in [0.2, 0.25) is 0 Å². The van der Waals surface area contributed by atoms with Gasteiger partial charge in [-0.25, -0.2) is 0 Å².